The number of carbonyl (C=O) groups excluding carboxylic acids is 2. The predicted molar refractivity (Wildman–Crippen MR) is 91.7 cm³/mol. The van der Waals surface area contributed by atoms with Crippen LogP contribution in [-0.4, -0.2) is 79.5 Å². The second kappa shape index (κ2) is 8.49. The molecule has 0 spiro atoms. The van der Waals surface area contributed by atoms with Crippen molar-refractivity contribution in [1.82, 2.24) is 14.7 Å². The normalized spacial score (nSPS) is 22.4. The summed E-state index contributed by atoms with van der Waals surface area (Å²) in [6, 6.07) is 3.66. The van der Waals surface area contributed by atoms with Gasteiger partial charge in [0.25, 0.3) is 0 Å². The summed E-state index contributed by atoms with van der Waals surface area (Å²) in [7, 11) is 1.71. The van der Waals surface area contributed by atoms with Gasteiger partial charge in [0.2, 0.25) is 11.8 Å². The standard InChI is InChI=1S/C18H27N3O4/c1-24-11-9-19-5-3-6-20(8-7-19)18(23)15-12-17(22)21(13-15)14-16-4-2-10-25-16/h2,4,10,15H,3,5-9,11-14H2,1H3/t15-/m0/s1. The highest BCUT2D eigenvalue weighted by Gasteiger charge is 2.37. The van der Waals surface area contributed by atoms with E-state index in [1.807, 2.05) is 17.0 Å². The van der Waals surface area contributed by atoms with Gasteiger partial charge in [0.1, 0.15) is 5.76 Å². The number of rotatable bonds is 6. The van der Waals surface area contributed by atoms with Crippen molar-refractivity contribution >= 4 is 11.8 Å². The van der Waals surface area contributed by atoms with Crippen LogP contribution in [0.3, 0.4) is 0 Å². The lowest BCUT2D eigenvalue weighted by Crippen LogP contribution is -2.40. The minimum Gasteiger partial charge on any atom is -0.467 e. The Balaban J connectivity index is 1.52. The zero-order chi connectivity index (χ0) is 17.6. The van der Waals surface area contributed by atoms with Crippen molar-refractivity contribution in [3.8, 4) is 0 Å². The number of amides is 2. The molecule has 7 heteroatoms. The van der Waals surface area contributed by atoms with Crippen LogP contribution in [0.5, 0.6) is 0 Å². The second-order valence-corrected chi connectivity index (χ2v) is 6.77. The fraction of sp³-hybridized carbons (Fsp3) is 0.667. The molecule has 3 heterocycles. The Bertz CT molecular complexity index is 575. The zero-order valence-electron chi connectivity index (χ0n) is 14.9. The van der Waals surface area contributed by atoms with E-state index in [0.29, 0.717) is 26.1 Å². The van der Waals surface area contributed by atoms with Crippen molar-refractivity contribution in [1.29, 1.82) is 0 Å². The first-order valence-corrected chi connectivity index (χ1v) is 8.97. The fourth-order valence-corrected chi connectivity index (χ4v) is 3.57. The van der Waals surface area contributed by atoms with E-state index in [1.54, 1.807) is 18.3 Å². The maximum absolute atomic E-state index is 12.8. The number of carbonyl (C=O) groups is 2. The molecular weight excluding hydrogens is 322 g/mol. The van der Waals surface area contributed by atoms with Gasteiger partial charge in [-0.25, -0.2) is 0 Å². The van der Waals surface area contributed by atoms with E-state index in [-0.39, 0.29) is 17.7 Å². The summed E-state index contributed by atoms with van der Waals surface area (Å²) in [4.78, 5) is 31.1. The van der Waals surface area contributed by atoms with Crippen molar-refractivity contribution in [2.75, 3.05) is 53.0 Å². The van der Waals surface area contributed by atoms with Crippen LogP contribution in [0, 0.1) is 5.92 Å². The van der Waals surface area contributed by atoms with Gasteiger partial charge < -0.3 is 19.0 Å². The molecule has 0 bridgehead atoms. The van der Waals surface area contributed by atoms with E-state index in [0.717, 1.165) is 44.9 Å². The van der Waals surface area contributed by atoms with Gasteiger partial charge in [0.05, 0.1) is 25.3 Å². The van der Waals surface area contributed by atoms with E-state index in [4.69, 9.17) is 9.15 Å². The monoisotopic (exact) mass is 349 g/mol. The van der Waals surface area contributed by atoms with Crippen LogP contribution >= 0.6 is 0 Å². The first-order valence-electron chi connectivity index (χ1n) is 8.97. The van der Waals surface area contributed by atoms with Crippen LogP contribution in [0.2, 0.25) is 0 Å². The largest absolute Gasteiger partial charge is 0.467 e. The van der Waals surface area contributed by atoms with Crippen LogP contribution in [-0.2, 0) is 20.9 Å². The van der Waals surface area contributed by atoms with Crippen LogP contribution in [0.4, 0.5) is 0 Å². The van der Waals surface area contributed by atoms with Crippen molar-refractivity contribution in [2.45, 2.75) is 19.4 Å². The third-order valence-corrected chi connectivity index (χ3v) is 5.00. The van der Waals surface area contributed by atoms with Gasteiger partial charge in [-0.2, -0.15) is 0 Å². The Morgan fingerprint density at radius 2 is 2.20 bits per heavy atom. The summed E-state index contributed by atoms with van der Waals surface area (Å²) in [6.07, 6.45) is 2.88. The Morgan fingerprint density at radius 1 is 1.32 bits per heavy atom. The number of methoxy groups -OCH3 is 1. The molecule has 0 aliphatic carbocycles. The first-order chi connectivity index (χ1) is 12.2. The molecule has 2 aliphatic heterocycles. The minimum atomic E-state index is -0.229. The number of ether oxygens (including phenoxy) is 1. The second-order valence-electron chi connectivity index (χ2n) is 6.77. The zero-order valence-corrected chi connectivity index (χ0v) is 14.9. The highest BCUT2D eigenvalue weighted by atomic mass is 16.5. The molecule has 1 aromatic rings. The number of hydrogen-bond donors (Lipinski definition) is 0. The summed E-state index contributed by atoms with van der Waals surface area (Å²) in [6.45, 7) is 5.90. The Labute approximate surface area is 148 Å². The van der Waals surface area contributed by atoms with Crippen LogP contribution in [0.15, 0.2) is 22.8 Å². The highest BCUT2D eigenvalue weighted by molar-refractivity contribution is 5.89. The lowest BCUT2D eigenvalue weighted by Gasteiger charge is -2.24. The number of hydrogen-bond acceptors (Lipinski definition) is 5. The van der Waals surface area contributed by atoms with Gasteiger partial charge >= 0.3 is 0 Å². The molecule has 138 valence electrons. The van der Waals surface area contributed by atoms with E-state index >= 15 is 0 Å². The van der Waals surface area contributed by atoms with E-state index in [9.17, 15) is 9.59 Å². The van der Waals surface area contributed by atoms with Crippen LogP contribution in [0.1, 0.15) is 18.6 Å². The molecule has 0 N–H and O–H groups in total. The van der Waals surface area contributed by atoms with Gasteiger partial charge in [-0.1, -0.05) is 0 Å². The van der Waals surface area contributed by atoms with E-state index in [1.165, 1.54) is 0 Å². The highest BCUT2D eigenvalue weighted by Crippen LogP contribution is 2.23. The molecule has 0 unspecified atom stereocenters. The van der Waals surface area contributed by atoms with Gasteiger partial charge in [-0.15, -0.1) is 0 Å². The van der Waals surface area contributed by atoms with Gasteiger partial charge in [0, 0.05) is 46.3 Å². The summed E-state index contributed by atoms with van der Waals surface area (Å²) >= 11 is 0. The molecule has 2 amide bonds. The average molecular weight is 349 g/mol. The molecule has 7 nitrogen and oxygen atoms in total. The summed E-state index contributed by atoms with van der Waals surface area (Å²) in [5.41, 5.74) is 0. The Hall–Kier alpha value is -1.86. The van der Waals surface area contributed by atoms with Crippen LogP contribution < -0.4 is 0 Å². The maximum atomic E-state index is 12.8. The molecule has 2 fully saturated rings. The third-order valence-electron chi connectivity index (χ3n) is 5.00. The maximum Gasteiger partial charge on any atom is 0.228 e. The van der Waals surface area contributed by atoms with Crippen molar-refractivity contribution in [3.63, 3.8) is 0 Å². The summed E-state index contributed by atoms with van der Waals surface area (Å²) < 4.78 is 10.4. The average Bonchev–Trinajstić information content (AvgIpc) is 3.17. The molecule has 0 radical (unpaired) electrons. The number of nitrogens with zero attached hydrogens (tertiary/aromatic N) is 3. The van der Waals surface area contributed by atoms with E-state index in [2.05, 4.69) is 4.90 Å². The quantitative estimate of drug-likeness (QED) is 0.760. The number of likely N-dealkylation sites (tertiary alicyclic amines) is 1. The smallest absolute Gasteiger partial charge is 0.228 e. The first kappa shape index (κ1) is 17.9. The lowest BCUT2D eigenvalue weighted by atomic mass is 10.1. The van der Waals surface area contributed by atoms with Gasteiger partial charge in [-0.3, -0.25) is 14.5 Å². The molecule has 1 atom stereocenters. The predicted octanol–water partition coefficient (Wildman–Crippen LogP) is 0.809. The van der Waals surface area contributed by atoms with E-state index < -0.39 is 0 Å². The van der Waals surface area contributed by atoms with Crippen molar-refractivity contribution in [2.24, 2.45) is 5.92 Å². The minimum absolute atomic E-state index is 0.0336. The summed E-state index contributed by atoms with van der Waals surface area (Å²) in [5, 5.41) is 0. The third kappa shape index (κ3) is 4.61. The van der Waals surface area contributed by atoms with Gasteiger partial charge in [0.15, 0.2) is 0 Å². The lowest BCUT2D eigenvalue weighted by molar-refractivity contribution is -0.135. The van der Waals surface area contributed by atoms with Crippen LogP contribution in [0.25, 0.3) is 0 Å². The Kier molecular flexibility index (Phi) is 6.09. The molecule has 25 heavy (non-hydrogen) atoms. The van der Waals surface area contributed by atoms with Crippen molar-refractivity contribution < 1.29 is 18.7 Å². The molecule has 0 aromatic carbocycles. The van der Waals surface area contributed by atoms with Gasteiger partial charge in [-0.05, 0) is 25.1 Å². The molecule has 2 saturated heterocycles. The molecule has 2 aliphatic rings. The summed E-state index contributed by atoms with van der Waals surface area (Å²) in [5.74, 6) is 0.674. The van der Waals surface area contributed by atoms with Crippen molar-refractivity contribution in [3.05, 3.63) is 24.2 Å². The molecular formula is C18H27N3O4. The number of furan rings is 1. The molecule has 0 saturated carbocycles. The SMILES string of the molecule is COCCN1CCCN(C(=O)[C@H]2CC(=O)N(Cc3ccco3)C2)CC1. The molecule has 1 aromatic heterocycles. The molecule has 3 rings (SSSR count). The Morgan fingerprint density at radius 3 is 2.96 bits per heavy atom. The fourth-order valence-electron chi connectivity index (χ4n) is 3.57. The topological polar surface area (TPSA) is 66.2 Å².